The third-order valence-corrected chi connectivity index (χ3v) is 4.12. The van der Waals surface area contributed by atoms with Gasteiger partial charge < -0.3 is 10.1 Å². The Kier molecular flexibility index (Phi) is 4.16. The van der Waals surface area contributed by atoms with Crippen LogP contribution in [0.1, 0.15) is 45.2 Å². The highest BCUT2D eigenvalue weighted by Crippen LogP contribution is 2.36. The molecular weight excluding hydrogens is 258 g/mol. The van der Waals surface area contributed by atoms with E-state index in [1.54, 1.807) is 0 Å². The standard InChI is InChI=1S/C19H25NO/c1-13(2)20-14(3)17-11-10-16-6-4-5-7-18(16)19(17)21-12-15-8-9-15/h4-7,10-11,13-15,20H,8-9,12H2,1-3H3. The first-order chi connectivity index (χ1) is 10.1. The van der Waals surface area contributed by atoms with Gasteiger partial charge >= 0.3 is 0 Å². The molecule has 0 amide bonds. The van der Waals surface area contributed by atoms with Crippen LogP contribution in [0.3, 0.4) is 0 Å². The minimum atomic E-state index is 0.295. The fourth-order valence-electron chi connectivity index (χ4n) is 2.84. The van der Waals surface area contributed by atoms with Gasteiger partial charge in [-0.3, -0.25) is 0 Å². The predicted octanol–water partition coefficient (Wildman–Crippen LogP) is 4.69. The second kappa shape index (κ2) is 6.07. The minimum absolute atomic E-state index is 0.295. The molecule has 0 heterocycles. The van der Waals surface area contributed by atoms with Gasteiger partial charge in [-0.2, -0.15) is 0 Å². The maximum absolute atomic E-state index is 6.24. The van der Waals surface area contributed by atoms with Crippen molar-refractivity contribution < 1.29 is 4.74 Å². The summed E-state index contributed by atoms with van der Waals surface area (Å²) in [5.74, 6) is 1.84. The highest BCUT2D eigenvalue weighted by molar-refractivity contribution is 5.89. The molecule has 2 heteroatoms. The summed E-state index contributed by atoms with van der Waals surface area (Å²) in [5, 5.41) is 6.07. The van der Waals surface area contributed by atoms with Gasteiger partial charge in [0.15, 0.2) is 0 Å². The Morgan fingerprint density at radius 2 is 1.86 bits per heavy atom. The van der Waals surface area contributed by atoms with E-state index in [4.69, 9.17) is 4.74 Å². The van der Waals surface area contributed by atoms with E-state index in [-0.39, 0.29) is 0 Å². The number of benzene rings is 2. The molecular formula is C19H25NO. The first kappa shape index (κ1) is 14.4. The summed E-state index contributed by atoms with van der Waals surface area (Å²) >= 11 is 0. The molecule has 1 saturated carbocycles. The van der Waals surface area contributed by atoms with Gasteiger partial charge in [-0.1, -0.05) is 50.2 Å². The molecule has 3 rings (SSSR count). The molecule has 1 fully saturated rings. The van der Waals surface area contributed by atoms with E-state index in [0.717, 1.165) is 18.3 Å². The Morgan fingerprint density at radius 3 is 2.57 bits per heavy atom. The molecule has 1 aliphatic rings. The molecule has 2 aromatic rings. The van der Waals surface area contributed by atoms with Crippen molar-refractivity contribution in [3.05, 3.63) is 42.0 Å². The van der Waals surface area contributed by atoms with Crippen LogP contribution in [-0.4, -0.2) is 12.6 Å². The van der Waals surface area contributed by atoms with Crippen LogP contribution >= 0.6 is 0 Å². The van der Waals surface area contributed by atoms with E-state index in [0.29, 0.717) is 12.1 Å². The fraction of sp³-hybridized carbons (Fsp3) is 0.474. The zero-order chi connectivity index (χ0) is 14.8. The lowest BCUT2D eigenvalue weighted by atomic mass is 10.0. The summed E-state index contributed by atoms with van der Waals surface area (Å²) in [7, 11) is 0. The van der Waals surface area contributed by atoms with Gasteiger partial charge in [0.05, 0.1) is 6.61 Å². The highest BCUT2D eigenvalue weighted by Gasteiger charge is 2.23. The van der Waals surface area contributed by atoms with Crippen molar-refractivity contribution in [2.24, 2.45) is 5.92 Å². The van der Waals surface area contributed by atoms with E-state index >= 15 is 0 Å². The van der Waals surface area contributed by atoms with Gasteiger partial charge in [0.25, 0.3) is 0 Å². The Balaban J connectivity index is 1.97. The van der Waals surface area contributed by atoms with Crippen LogP contribution in [0.2, 0.25) is 0 Å². The third-order valence-electron chi connectivity index (χ3n) is 4.12. The quantitative estimate of drug-likeness (QED) is 0.830. The van der Waals surface area contributed by atoms with Gasteiger partial charge in [-0.25, -0.2) is 0 Å². The molecule has 1 aliphatic carbocycles. The molecule has 21 heavy (non-hydrogen) atoms. The molecule has 0 bridgehead atoms. The Morgan fingerprint density at radius 1 is 1.10 bits per heavy atom. The molecule has 0 saturated heterocycles. The summed E-state index contributed by atoms with van der Waals surface area (Å²) in [5.41, 5.74) is 1.27. The predicted molar refractivity (Wildman–Crippen MR) is 88.9 cm³/mol. The Hall–Kier alpha value is -1.54. The van der Waals surface area contributed by atoms with E-state index in [1.165, 1.54) is 29.2 Å². The van der Waals surface area contributed by atoms with Crippen LogP contribution in [-0.2, 0) is 0 Å². The lowest BCUT2D eigenvalue weighted by Gasteiger charge is -2.22. The lowest BCUT2D eigenvalue weighted by molar-refractivity contribution is 0.297. The Bertz CT molecular complexity index is 616. The van der Waals surface area contributed by atoms with Crippen LogP contribution in [0.4, 0.5) is 0 Å². The number of nitrogens with one attached hydrogen (secondary N) is 1. The summed E-state index contributed by atoms with van der Waals surface area (Å²) in [6, 6.07) is 13.7. The smallest absolute Gasteiger partial charge is 0.131 e. The molecule has 2 aromatic carbocycles. The van der Waals surface area contributed by atoms with Crippen molar-refractivity contribution in [2.75, 3.05) is 6.61 Å². The lowest BCUT2D eigenvalue weighted by Crippen LogP contribution is -2.26. The second-order valence-corrected chi connectivity index (χ2v) is 6.50. The molecule has 112 valence electrons. The third kappa shape index (κ3) is 3.38. The molecule has 2 nitrogen and oxygen atoms in total. The van der Waals surface area contributed by atoms with Crippen molar-refractivity contribution >= 4 is 10.8 Å². The van der Waals surface area contributed by atoms with Crippen LogP contribution < -0.4 is 10.1 Å². The minimum Gasteiger partial charge on any atom is -0.492 e. The summed E-state index contributed by atoms with van der Waals surface area (Å²) in [4.78, 5) is 0. The molecule has 0 spiro atoms. The fourth-order valence-corrected chi connectivity index (χ4v) is 2.84. The van der Waals surface area contributed by atoms with Crippen molar-refractivity contribution in [1.82, 2.24) is 5.32 Å². The summed E-state index contributed by atoms with van der Waals surface area (Å²) < 4.78 is 6.24. The Labute approximate surface area is 127 Å². The van der Waals surface area contributed by atoms with Crippen molar-refractivity contribution in [3.63, 3.8) is 0 Å². The van der Waals surface area contributed by atoms with Gasteiger partial charge in [0.2, 0.25) is 0 Å². The topological polar surface area (TPSA) is 21.3 Å². The number of ether oxygens (including phenoxy) is 1. The van der Waals surface area contributed by atoms with E-state index in [2.05, 4.69) is 62.5 Å². The van der Waals surface area contributed by atoms with Crippen LogP contribution in [0.5, 0.6) is 5.75 Å². The van der Waals surface area contributed by atoms with E-state index in [9.17, 15) is 0 Å². The average Bonchev–Trinajstić information content (AvgIpc) is 3.28. The first-order valence-electron chi connectivity index (χ1n) is 8.05. The first-order valence-corrected chi connectivity index (χ1v) is 8.05. The SMILES string of the molecule is CC(C)NC(C)c1ccc2ccccc2c1OCC1CC1. The zero-order valence-electron chi connectivity index (χ0n) is 13.2. The van der Waals surface area contributed by atoms with Crippen molar-refractivity contribution in [3.8, 4) is 5.75 Å². The number of hydrogen-bond acceptors (Lipinski definition) is 2. The van der Waals surface area contributed by atoms with Crippen molar-refractivity contribution in [1.29, 1.82) is 0 Å². The second-order valence-electron chi connectivity index (χ2n) is 6.50. The highest BCUT2D eigenvalue weighted by atomic mass is 16.5. The van der Waals surface area contributed by atoms with E-state index in [1.807, 2.05) is 0 Å². The maximum Gasteiger partial charge on any atom is 0.131 e. The van der Waals surface area contributed by atoms with Gasteiger partial charge in [0.1, 0.15) is 5.75 Å². The van der Waals surface area contributed by atoms with Gasteiger partial charge in [-0.15, -0.1) is 0 Å². The number of fused-ring (bicyclic) bond motifs is 1. The van der Waals surface area contributed by atoms with Crippen LogP contribution in [0.25, 0.3) is 10.8 Å². The largest absolute Gasteiger partial charge is 0.492 e. The summed E-state index contributed by atoms with van der Waals surface area (Å²) in [6.07, 6.45) is 2.64. The molecule has 1 N–H and O–H groups in total. The molecule has 0 aliphatic heterocycles. The number of rotatable bonds is 6. The van der Waals surface area contributed by atoms with Crippen molar-refractivity contribution in [2.45, 2.75) is 45.7 Å². The molecule has 1 unspecified atom stereocenters. The number of hydrogen-bond donors (Lipinski definition) is 1. The zero-order valence-corrected chi connectivity index (χ0v) is 13.2. The molecule has 0 radical (unpaired) electrons. The van der Waals surface area contributed by atoms with Crippen LogP contribution in [0, 0.1) is 5.92 Å². The molecule has 1 atom stereocenters. The summed E-state index contributed by atoms with van der Waals surface area (Å²) in [6.45, 7) is 7.44. The van der Waals surface area contributed by atoms with Gasteiger partial charge in [-0.05, 0) is 31.1 Å². The maximum atomic E-state index is 6.24. The van der Waals surface area contributed by atoms with E-state index < -0.39 is 0 Å². The molecule has 0 aromatic heterocycles. The normalized spacial score (nSPS) is 16.4. The van der Waals surface area contributed by atoms with Crippen LogP contribution in [0.15, 0.2) is 36.4 Å². The van der Waals surface area contributed by atoms with Gasteiger partial charge in [0, 0.05) is 23.0 Å². The average molecular weight is 283 g/mol. The monoisotopic (exact) mass is 283 g/mol.